The maximum absolute atomic E-state index is 11.6. The molecule has 1 atom stereocenters. The highest BCUT2D eigenvalue weighted by Gasteiger charge is 2.19. The van der Waals surface area contributed by atoms with Gasteiger partial charge in [0.25, 0.3) is 0 Å². The van der Waals surface area contributed by atoms with Crippen LogP contribution in [0.2, 0.25) is 0 Å². The Labute approximate surface area is 97.3 Å². The zero-order chi connectivity index (χ0) is 12.8. The second-order valence-corrected chi connectivity index (χ2v) is 3.37. The number of carbonyl (C=O) groups is 2. The molecule has 0 saturated carbocycles. The van der Waals surface area contributed by atoms with E-state index in [2.05, 4.69) is 4.89 Å². The molecule has 1 aromatic carbocycles. The van der Waals surface area contributed by atoms with Crippen LogP contribution in [-0.4, -0.2) is 35.0 Å². The van der Waals surface area contributed by atoms with Crippen molar-refractivity contribution in [3.05, 3.63) is 35.4 Å². The van der Waals surface area contributed by atoms with Crippen LogP contribution in [0.25, 0.3) is 0 Å². The van der Waals surface area contributed by atoms with Crippen LogP contribution in [0.5, 0.6) is 0 Å². The van der Waals surface area contributed by atoms with E-state index >= 15 is 0 Å². The molecule has 0 radical (unpaired) electrons. The van der Waals surface area contributed by atoms with E-state index in [1.54, 1.807) is 0 Å². The van der Waals surface area contributed by atoms with Crippen molar-refractivity contribution in [3.8, 4) is 0 Å². The largest absolute Gasteiger partial charge is 0.459 e. The normalized spacial score (nSPS) is 11.7. The first-order valence-corrected chi connectivity index (χ1v) is 4.86. The average molecular weight is 240 g/mol. The number of aliphatic hydroxyl groups excluding tert-OH is 1. The summed E-state index contributed by atoms with van der Waals surface area (Å²) in [7, 11) is 0. The molecule has 0 aliphatic rings. The molecule has 0 bridgehead atoms. The van der Waals surface area contributed by atoms with E-state index in [0.29, 0.717) is 0 Å². The van der Waals surface area contributed by atoms with Gasteiger partial charge in [0.2, 0.25) is 0 Å². The summed E-state index contributed by atoms with van der Waals surface area (Å²) in [5, 5.41) is 17.2. The van der Waals surface area contributed by atoms with Gasteiger partial charge in [0, 0.05) is 0 Å². The molecule has 2 N–H and O–H groups in total. The quantitative estimate of drug-likeness (QED) is 0.460. The highest BCUT2D eigenvalue weighted by Crippen LogP contribution is 2.11. The van der Waals surface area contributed by atoms with E-state index in [1.807, 2.05) is 0 Å². The molecule has 0 aromatic heterocycles. The lowest BCUT2D eigenvalue weighted by Crippen LogP contribution is -2.18. The average Bonchev–Trinajstić information content (AvgIpc) is 2.34. The first kappa shape index (κ1) is 13.1. The number of hydrogen-bond donors (Lipinski definition) is 2. The molecule has 0 heterocycles. The molecule has 6 heteroatoms. The number of esters is 1. The van der Waals surface area contributed by atoms with Crippen molar-refractivity contribution < 1.29 is 29.6 Å². The van der Waals surface area contributed by atoms with Crippen LogP contribution in [0.3, 0.4) is 0 Å². The predicted octanol–water partition coefficient (Wildman–Crippen LogP) is 0.854. The van der Waals surface area contributed by atoms with E-state index < -0.39 is 18.0 Å². The lowest BCUT2D eigenvalue weighted by atomic mass is 10.1. The van der Waals surface area contributed by atoms with Crippen molar-refractivity contribution in [1.82, 2.24) is 0 Å². The Kier molecular flexibility index (Phi) is 4.62. The minimum absolute atomic E-state index is 0.0350. The molecule has 0 saturated heterocycles. The van der Waals surface area contributed by atoms with E-state index in [1.165, 1.54) is 31.2 Å². The van der Waals surface area contributed by atoms with Gasteiger partial charge in [-0.25, -0.2) is 9.59 Å². The number of rotatable bonds is 4. The fraction of sp³-hybridized carbons (Fsp3) is 0.273. The first-order chi connectivity index (χ1) is 8.06. The van der Waals surface area contributed by atoms with Crippen LogP contribution in [0, 0.1) is 0 Å². The van der Waals surface area contributed by atoms with Crippen LogP contribution < -0.4 is 0 Å². The van der Waals surface area contributed by atoms with Crippen LogP contribution in [0.1, 0.15) is 27.6 Å². The Hall–Kier alpha value is -1.92. The highest BCUT2D eigenvalue weighted by molar-refractivity contribution is 6.02. The molecule has 0 spiro atoms. The van der Waals surface area contributed by atoms with Gasteiger partial charge in [0.1, 0.15) is 6.61 Å². The third-order valence-electron chi connectivity index (χ3n) is 1.91. The summed E-state index contributed by atoms with van der Waals surface area (Å²) in [5.74, 6) is -1.82. The zero-order valence-electron chi connectivity index (χ0n) is 9.12. The monoisotopic (exact) mass is 240 g/mol. The molecule has 0 amide bonds. The number of aliphatic hydroxyl groups is 1. The fourth-order valence-electron chi connectivity index (χ4n) is 1.16. The summed E-state index contributed by atoms with van der Waals surface area (Å²) in [6.45, 7) is 1.28. The number of ether oxygens (including phenoxy) is 1. The van der Waals surface area contributed by atoms with Gasteiger partial charge in [-0.05, 0) is 19.1 Å². The first-order valence-electron chi connectivity index (χ1n) is 4.86. The van der Waals surface area contributed by atoms with E-state index in [0.717, 1.165) is 0 Å². The smallest absolute Gasteiger partial charge is 0.373 e. The minimum atomic E-state index is -1.05. The van der Waals surface area contributed by atoms with Gasteiger partial charge in [-0.3, -0.25) is 4.89 Å². The standard InChI is InChI=1S/C11H12O6/c1-7(12)6-16-10(13)8-4-2-3-5-9(8)11(14)17-15/h2-5,7,12,15H,6H2,1H3. The molecule has 1 aromatic rings. The third kappa shape index (κ3) is 3.54. The summed E-state index contributed by atoms with van der Waals surface area (Å²) in [6, 6.07) is 5.72. The van der Waals surface area contributed by atoms with Crippen LogP contribution in [0.4, 0.5) is 0 Å². The molecular weight excluding hydrogens is 228 g/mol. The number of benzene rings is 1. The second-order valence-electron chi connectivity index (χ2n) is 3.37. The predicted molar refractivity (Wildman–Crippen MR) is 56.4 cm³/mol. The minimum Gasteiger partial charge on any atom is -0.459 e. The second kappa shape index (κ2) is 5.97. The van der Waals surface area contributed by atoms with Crippen LogP contribution in [-0.2, 0) is 9.62 Å². The Morgan fingerprint density at radius 2 is 1.76 bits per heavy atom. The summed E-state index contributed by atoms with van der Waals surface area (Å²) in [6.07, 6.45) is -0.795. The maximum atomic E-state index is 11.6. The Balaban J connectivity index is 2.89. The third-order valence-corrected chi connectivity index (χ3v) is 1.91. The van der Waals surface area contributed by atoms with Crippen molar-refractivity contribution in [2.75, 3.05) is 6.61 Å². The highest BCUT2D eigenvalue weighted by atomic mass is 17.1. The van der Waals surface area contributed by atoms with E-state index in [-0.39, 0.29) is 17.7 Å². The van der Waals surface area contributed by atoms with Crippen molar-refractivity contribution in [3.63, 3.8) is 0 Å². The molecule has 1 unspecified atom stereocenters. The molecule has 17 heavy (non-hydrogen) atoms. The van der Waals surface area contributed by atoms with Gasteiger partial charge in [0.05, 0.1) is 17.2 Å². The lowest BCUT2D eigenvalue weighted by molar-refractivity contribution is -0.182. The summed E-state index contributed by atoms with van der Waals surface area (Å²) < 4.78 is 4.75. The Morgan fingerprint density at radius 3 is 2.24 bits per heavy atom. The Bertz CT molecular complexity index is 412. The lowest BCUT2D eigenvalue weighted by Gasteiger charge is -2.08. The Morgan fingerprint density at radius 1 is 1.24 bits per heavy atom. The van der Waals surface area contributed by atoms with Crippen LogP contribution >= 0.6 is 0 Å². The molecule has 1 rings (SSSR count). The van der Waals surface area contributed by atoms with Crippen molar-refractivity contribution >= 4 is 11.9 Å². The molecule has 0 fully saturated rings. The van der Waals surface area contributed by atoms with Crippen molar-refractivity contribution in [2.24, 2.45) is 0 Å². The van der Waals surface area contributed by atoms with Crippen molar-refractivity contribution in [1.29, 1.82) is 0 Å². The molecule has 0 aliphatic heterocycles. The summed E-state index contributed by atoms with van der Waals surface area (Å²) >= 11 is 0. The summed E-state index contributed by atoms with van der Waals surface area (Å²) in [4.78, 5) is 26.3. The van der Waals surface area contributed by atoms with Gasteiger partial charge >= 0.3 is 11.9 Å². The fourth-order valence-corrected chi connectivity index (χ4v) is 1.16. The van der Waals surface area contributed by atoms with Crippen molar-refractivity contribution in [2.45, 2.75) is 13.0 Å². The summed E-state index contributed by atoms with van der Waals surface area (Å²) in [5.41, 5.74) is -0.141. The maximum Gasteiger partial charge on any atom is 0.373 e. The molecule has 92 valence electrons. The van der Waals surface area contributed by atoms with Gasteiger partial charge in [-0.2, -0.15) is 5.26 Å². The van der Waals surface area contributed by atoms with E-state index in [9.17, 15) is 9.59 Å². The SMILES string of the molecule is CC(O)COC(=O)c1ccccc1C(=O)OO. The number of carbonyl (C=O) groups excluding carboxylic acids is 2. The van der Waals surface area contributed by atoms with Gasteiger partial charge in [-0.15, -0.1) is 0 Å². The molecule has 0 aliphatic carbocycles. The number of hydrogen-bond acceptors (Lipinski definition) is 6. The van der Waals surface area contributed by atoms with Crippen LogP contribution in [0.15, 0.2) is 24.3 Å². The molecule has 6 nitrogen and oxygen atoms in total. The topological polar surface area (TPSA) is 93.1 Å². The van der Waals surface area contributed by atoms with E-state index in [4.69, 9.17) is 15.1 Å². The zero-order valence-corrected chi connectivity index (χ0v) is 9.12. The van der Waals surface area contributed by atoms with Gasteiger partial charge < -0.3 is 9.84 Å². The van der Waals surface area contributed by atoms with Gasteiger partial charge in [0.15, 0.2) is 0 Å². The molecular formula is C11H12O6. The van der Waals surface area contributed by atoms with Gasteiger partial charge in [-0.1, -0.05) is 12.1 Å².